The Morgan fingerprint density at radius 3 is 3.06 bits per heavy atom. The number of hydrogen-bond acceptors (Lipinski definition) is 5. The Labute approximate surface area is 103 Å². The molecule has 0 aliphatic heterocycles. The highest BCUT2D eigenvalue weighted by atomic mass is 16.7. The van der Waals surface area contributed by atoms with E-state index in [0.29, 0.717) is 5.52 Å². The minimum atomic E-state index is -0.702. The van der Waals surface area contributed by atoms with Crippen molar-refractivity contribution < 1.29 is 14.3 Å². The number of nitrogens with zero attached hydrogens (tertiary/aromatic N) is 3. The van der Waals surface area contributed by atoms with Gasteiger partial charge in [-0.2, -0.15) is 15.0 Å². The molecule has 1 aromatic carbocycles. The third-order valence-electron chi connectivity index (χ3n) is 2.35. The van der Waals surface area contributed by atoms with E-state index in [1.54, 1.807) is 19.2 Å². The molecule has 0 amide bonds. The first kappa shape index (κ1) is 11.9. The van der Waals surface area contributed by atoms with Crippen LogP contribution in [0.15, 0.2) is 24.4 Å². The molecule has 0 unspecified atom stereocenters. The van der Waals surface area contributed by atoms with Crippen LogP contribution >= 0.6 is 0 Å². The molecule has 0 fully saturated rings. The highest BCUT2D eigenvalue weighted by Gasteiger charge is 2.06. The zero-order chi connectivity index (χ0) is 13.0. The van der Waals surface area contributed by atoms with Gasteiger partial charge in [-0.15, -0.1) is 0 Å². The number of benzene rings is 1. The molecular weight excluding hydrogens is 234 g/mol. The van der Waals surface area contributed by atoms with Crippen molar-refractivity contribution in [2.24, 2.45) is 0 Å². The van der Waals surface area contributed by atoms with E-state index in [0.717, 1.165) is 10.9 Å². The zero-order valence-corrected chi connectivity index (χ0v) is 9.79. The Balaban J connectivity index is 2.15. The Bertz CT molecular complexity index is 613. The van der Waals surface area contributed by atoms with Gasteiger partial charge < -0.3 is 9.47 Å². The van der Waals surface area contributed by atoms with Gasteiger partial charge >= 0.3 is 6.16 Å². The monoisotopic (exact) mass is 245 g/mol. The van der Waals surface area contributed by atoms with Crippen molar-refractivity contribution >= 4 is 17.1 Å². The van der Waals surface area contributed by atoms with Crippen molar-refractivity contribution in [2.75, 3.05) is 6.61 Å². The number of hydrogen-bond donors (Lipinski definition) is 0. The van der Waals surface area contributed by atoms with Gasteiger partial charge in [0.25, 0.3) is 0 Å². The lowest BCUT2D eigenvalue weighted by Gasteiger charge is -2.04. The van der Waals surface area contributed by atoms with E-state index >= 15 is 0 Å². The fourth-order valence-corrected chi connectivity index (χ4v) is 1.54. The molecule has 2 rings (SSSR count). The van der Waals surface area contributed by atoms with E-state index in [-0.39, 0.29) is 13.2 Å². The second-order valence-corrected chi connectivity index (χ2v) is 3.52. The van der Waals surface area contributed by atoms with Crippen LogP contribution in [-0.4, -0.2) is 22.5 Å². The Morgan fingerprint density at radius 2 is 2.33 bits per heavy atom. The van der Waals surface area contributed by atoms with Crippen molar-refractivity contribution in [1.29, 1.82) is 5.26 Å². The number of fused-ring (bicyclic) bond motifs is 1. The summed E-state index contributed by atoms with van der Waals surface area (Å²) >= 11 is 0. The number of rotatable bonds is 3. The fourth-order valence-electron chi connectivity index (χ4n) is 1.54. The molecule has 0 atom stereocenters. The summed E-state index contributed by atoms with van der Waals surface area (Å²) in [6, 6.07) is 5.38. The van der Waals surface area contributed by atoms with Gasteiger partial charge in [0.15, 0.2) is 0 Å². The molecule has 6 nitrogen and oxygen atoms in total. The van der Waals surface area contributed by atoms with E-state index < -0.39 is 6.16 Å². The average Bonchev–Trinajstić information content (AvgIpc) is 2.79. The lowest BCUT2D eigenvalue weighted by atomic mass is 10.2. The fraction of sp³-hybridized carbons (Fsp3) is 0.250. The van der Waals surface area contributed by atoms with Crippen molar-refractivity contribution in [3.63, 3.8) is 0 Å². The molecule has 0 saturated heterocycles. The second-order valence-electron chi connectivity index (χ2n) is 3.52. The van der Waals surface area contributed by atoms with Gasteiger partial charge in [0.1, 0.15) is 6.61 Å². The highest BCUT2D eigenvalue weighted by Crippen LogP contribution is 2.15. The largest absolute Gasteiger partial charge is 0.508 e. The predicted molar refractivity (Wildman–Crippen MR) is 62.6 cm³/mol. The maximum absolute atomic E-state index is 11.0. The van der Waals surface area contributed by atoms with Crippen LogP contribution in [0.3, 0.4) is 0 Å². The van der Waals surface area contributed by atoms with Crippen LogP contribution in [0, 0.1) is 11.5 Å². The third-order valence-corrected chi connectivity index (χ3v) is 2.35. The molecule has 2 aromatic rings. The normalized spacial score (nSPS) is 10.0. The molecule has 0 aliphatic carbocycles. The molecule has 0 aliphatic rings. The predicted octanol–water partition coefficient (Wildman–Crippen LogP) is 2.04. The topological polar surface area (TPSA) is 77.1 Å². The number of aromatic nitrogens is 2. The lowest BCUT2D eigenvalue weighted by molar-refractivity contribution is 0.0536. The summed E-state index contributed by atoms with van der Waals surface area (Å²) in [7, 11) is 0. The van der Waals surface area contributed by atoms with Crippen molar-refractivity contribution in [1.82, 2.24) is 9.78 Å². The minimum absolute atomic E-state index is 0.103. The Hall–Kier alpha value is -2.55. The molecule has 0 bridgehead atoms. The lowest BCUT2D eigenvalue weighted by Crippen LogP contribution is -2.06. The van der Waals surface area contributed by atoms with Crippen LogP contribution in [0.1, 0.15) is 12.5 Å². The molecule has 0 spiro atoms. The molecule has 1 aromatic heterocycles. The summed E-state index contributed by atoms with van der Waals surface area (Å²) in [5.74, 6) is 0. The summed E-state index contributed by atoms with van der Waals surface area (Å²) in [5, 5.41) is 13.6. The number of ether oxygens (including phenoxy) is 2. The van der Waals surface area contributed by atoms with Crippen molar-refractivity contribution in [2.45, 2.75) is 13.5 Å². The van der Waals surface area contributed by atoms with Gasteiger partial charge in [0.05, 0.1) is 18.3 Å². The van der Waals surface area contributed by atoms with Crippen LogP contribution in [0.5, 0.6) is 0 Å². The maximum atomic E-state index is 11.0. The van der Waals surface area contributed by atoms with Crippen LogP contribution in [0.4, 0.5) is 4.79 Å². The standard InChI is InChI=1S/C12H11N3O3/c1-2-17-12(16)18-7-9-3-4-10-6-14-15(8-13)11(10)5-9/h3-6H,2,7H2,1H3. The van der Waals surface area contributed by atoms with Gasteiger partial charge in [-0.1, -0.05) is 12.1 Å². The highest BCUT2D eigenvalue weighted by molar-refractivity contribution is 5.80. The zero-order valence-electron chi connectivity index (χ0n) is 9.79. The van der Waals surface area contributed by atoms with Gasteiger partial charge in [-0.3, -0.25) is 0 Å². The van der Waals surface area contributed by atoms with Crippen LogP contribution < -0.4 is 0 Å². The minimum Gasteiger partial charge on any atom is -0.435 e. The van der Waals surface area contributed by atoms with Crippen molar-refractivity contribution in [3.8, 4) is 6.19 Å². The molecule has 0 saturated carbocycles. The number of carbonyl (C=O) groups is 1. The Kier molecular flexibility index (Phi) is 3.44. The molecule has 0 radical (unpaired) electrons. The van der Waals surface area contributed by atoms with E-state index in [1.165, 1.54) is 4.68 Å². The smallest absolute Gasteiger partial charge is 0.435 e. The van der Waals surface area contributed by atoms with Gasteiger partial charge in [-0.05, 0) is 18.6 Å². The van der Waals surface area contributed by atoms with Gasteiger partial charge in [0, 0.05) is 5.39 Å². The molecule has 0 N–H and O–H groups in total. The van der Waals surface area contributed by atoms with Crippen molar-refractivity contribution in [3.05, 3.63) is 30.0 Å². The van der Waals surface area contributed by atoms with E-state index in [4.69, 9.17) is 10.00 Å². The quantitative estimate of drug-likeness (QED) is 0.773. The van der Waals surface area contributed by atoms with Gasteiger partial charge in [0.2, 0.25) is 6.19 Å². The molecular formula is C12H11N3O3. The first-order valence-corrected chi connectivity index (χ1v) is 5.41. The van der Waals surface area contributed by atoms with Crippen LogP contribution in [-0.2, 0) is 16.1 Å². The summed E-state index contributed by atoms with van der Waals surface area (Å²) in [5.41, 5.74) is 1.45. The van der Waals surface area contributed by atoms with Crippen LogP contribution in [0.25, 0.3) is 10.9 Å². The van der Waals surface area contributed by atoms with E-state index in [2.05, 4.69) is 9.84 Å². The summed E-state index contributed by atoms with van der Waals surface area (Å²) in [4.78, 5) is 11.0. The number of carbonyl (C=O) groups excluding carboxylic acids is 1. The first-order chi connectivity index (χ1) is 8.74. The summed E-state index contributed by atoms with van der Waals surface area (Å²) in [6.45, 7) is 2.09. The van der Waals surface area contributed by atoms with E-state index in [9.17, 15) is 4.79 Å². The Morgan fingerprint density at radius 1 is 1.50 bits per heavy atom. The number of nitriles is 1. The van der Waals surface area contributed by atoms with E-state index in [1.807, 2.05) is 18.3 Å². The second kappa shape index (κ2) is 5.19. The average molecular weight is 245 g/mol. The molecule has 6 heteroatoms. The van der Waals surface area contributed by atoms with Gasteiger partial charge in [-0.25, -0.2) is 4.79 Å². The maximum Gasteiger partial charge on any atom is 0.508 e. The molecule has 92 valence electrons. The SMILES string of the molecule is CCOC(=O)OCc1ccc2cnn(C#N)c2c1. The molecule has 1 heterocycles. The van der Waals surface area contributed by atoms with Crippen LogP contribution in [0.2, 0.25) is 0 Å². The first-order valence-electron chi connectivity index (χ1n) is 5.41. The molecule has 18 heavy (non-hydrogen) atoms. The summed E-state index contributed by atoms with van der Waals surface area (Å²) < 4.78 is 10.8. The summed E-state index contributed by atoms with van der Waals surface area (Å²) in [6.07, 6.45) is 2.84. The third kappa shape index (κ3) is 2.40.